The normalized spacial score (nSPS) is 23.0. The Kier molecular flexibility index (Phi) is 4.16. The Morgan fingerprint density at radius 2 is 2.42 bits per heavy atom. The summed E-state index contributed by atoms with van der Waals surface area (Å²) in [7, 11) is 0. The number of rotatable bonds is 4. The van der Waals surface area contributed by atoms with Gasteiger partial charge < -0.3 is 16.4 Å². The van der Waals surface area contributed by atoms with Gasteiger partial charge in [-0.15, -0.1) is 0 Å². The number of carbonyl (C=O) groups excluding carboxylic acids is 2. The minimum atomic E-state index is -0.465. The van der Waals surface area contributed by atoms with Gasteiger partial charge in [0.05, 0.1) is 11.9 Å². The lowest BCUT2D eigenvalue weighted by atomic mass is 9.92. The molecule has 2 rings (SSSR count). The van der Waals surface area contributed by atoms with Gasteiger partial charge >= 0.3 is 0 Å². The first-order valence-electron chi connectivity index (χ1n) is 6.39. The number of hydrogen-bond donors (Lipinski definition) is 3. The number of nitrogens with one attached hydrogen (secondary N) is 2. The second-order valence-corrected chi connectivity index (χ2v) is 4.96. The van der Waals surface area contributed by atoms with Gasteiger partial charge in [0.1, 0.15) is 6.54 Å². The van der Waals surface area contributed by atoms with Crippen LogP contribution in [0.15, 0.2) is 12.4 Å². The number of anilines is 1. The van der Waals surface area contributed by atoms with E-state index in [1.165, 1.54) is 10.9 Å². The average molecular weight is 265 g/mol. The third-order valence-corrected chi connectivity index (χ3v) is 3.21. The molecule has 1 aliphatic heterocycles. The molecule has 0 spiro atoms. The maximum Gasteiger partial charge on any atom is 0.239 e. The van der Waals surface area contributed by atoms with E-state index in [0.29, 0.717) is 11.7 Å². The van der Waals surface area contributed by atoms with Gasteiger partial charge in [0.2, 0.25) is 11.8 Å². The van der Waals surface area contributed by atoms with Crippen molar-refractivity contribution in [3.63, 3.8) is 0 Å². The molecule has 19 heavy (non-hydrogen) atoms. The Balaban J connectivity index is 1.91. The molecule has 1 aromatic heterocycles. The van der Waals surface area contributed by atoms with Crippen LogP contribution < -0.4 is 16.4 Å². The van der Waals surface area contributed by atoms with Crippen LogP contribution >= 0.6 is 0 Å². The predicted molar refractivity (Wildman–Crippen MR) is 70.2 cm³/mol. The predicted octanol–water partition coefficient (Wildman–Crippen LogP) is -0.305. The highest BCUT2D eigenvalue weighted by Crippen LogP contribution is 2.18. The van der Waals surface area contributed by atoms with E-state index in [1.807, 2.05) is 0 Å². The zero-order valence-electron chi connectivity index (χ0n) is 10.9. The summed E-state index contributed by atoms with van der Waals surface area (Å²) in [4.78, 5) is 22.8. The van der Waals surface area contributed by atoms with Crippen LogP contribution in [0.4, 0.5) is 5.69 Å². The summed E-state index contributed by atoms with van der Waals surface area (Å²) in [6, 6.07) is 0.363. The maximum absolute atomic E-state index is 12.1. The van der Waals surface area contributed by atoms with E-state index in [-0.39, 0.29) is 18.4 Å². The standard InChI is InChI=1S/C12H19N5O2/c1-8-4-9(2-3-14-8)12(19)16-10-5-15-17(6-10)7-11(13)18/h5-6,8-9,14H,2-4,7H2,1H3,(H2,13,18)(H,16,19). The van der Waals surface area contributed by atoms with Crippen LogP contribution in [0.1, 0.15) is 19.8 Å². The van der Waals surface area contributed by atoms with E-state index < -0.39 is 5.91 Å². The van der Waals surface area contributed by atoms with E-state index in [4.69, 9.17) is 5.73 Å². The minimum absolute atomic E-state index is 0.00646. The Morgan fingerprint density at radius 1 is 1.63 bits per heavy atom. The number of amides is 2. The van der Waals surface area contributed by atoms with Crippen LogP contribution in [0.25, 0.3) is 0 Å². The number of piperidine rings is 1. The third kappa shape index (κ3) is 3.78. The highest BCUT2D eigenvalue weighted by atomic mass is 16.2. The topological polar surface area (TPSA) is 102 Å². The first-order chi connectivity index (χ1) is 9.04. The molecule has 0 bridgehead atoms. The monoisotopic (exact) mass is 265 g/mol. The van der Waals surface area contributed by atoms with Gasteiger partial charge in [-0.25, -0.2) is 0 Å². The molecule has 0 aromatic carbocycles. The SMILES string of the molecule is CC1CC(C(=O)Nc2cnn(CC(N)=O)c2)CCN1. The van der Waals surface area contributed by atoms with E-state index in [1.54, 1.807) is 6.20 Å². The largest absolute Gasteiger partial charge is 0.368 e. The fourth-order valence-corrected chi connectivity index (χ4v) is 2.29. The molecule has 7 heteroatoms. The molecule has 2 unspecified atom stereocenters. The molecule has 1 saturated heterocycles. The van der Waals surface area contributed by atoms with Gasteiger partial charge in [0.25, 0.3) is 0 Å². The summed E-state index contributed by atoms with van der Waals surface area (Å²) < 4.78 is 1.41. The van der Waals surface area contributed by atoms with Gasteiger partial charge in [0, 0.05) is 18.2 Å². The maximum atomic E-state index is 12.1. The highest BCUT2D eigenvalue weighted by Gasteiger charge is 2.24. The van der Waals surface area contributed by atoms with E-state index >= 15 is 0 Å². The molecule has 0 saturated carbocycles. The smallest absolute Gasteiger partial charge is 0.239 e. The summed E-state index contributed by atoms with van der Waals surface area (Å²) in [5.74, 6) is -0.434. The lowest BCUT2D eigenvalue weighted by molar-refractivity contribution is -0.121. The second kappa shape index (κ2) is 5.83. The molecule has 1 aromatic rings. The van der Waals surface area contributed by atoms with Gasteiger partial charge in [-0.05, 0) is 26.3 Å². The third-order valence-electron chi connectivity index (χ3n) is 3.21. The number of aromatic nitrogens is 2. The molecule has 1 fully saturated rings. The Bertz CT molecular complexity index is 470. The van der Waals surface area contributed by atoms with Crippen molar-refractivity contribution in [3.05, 3.63) is 12.4 Å². The summed E-state index contributed by atoms with van der Waals surface area (Å²) in [5, 5.41) is 10.1. The number of primary amides is 1. The van der Waals surface area contributed by atoms with E-state index in [0.717, 1.165) is 19.4 Å². The summed E-state index contributed by atoms with van der Waals surface area (Å²) in [6.45, 7) is 2.95. The van der Waals surface area contributed by atoms with E-state index in [2.05, 4.69) is 22.7 Å². The lowest BCUT2D eigenvalue weighted by Crippen LogP contribution is -2.40. The van der Waals surface area contributed by atoms with Crippen molar-refractivity contribution in [1.29, 1.82) is 0 Å². The van der Waals surface area contributed by atoms with Crippen LogP contribution in [-0.4, -0.2) is 34.2 Å². The number of nitrogens with zero attached hydrogens (tertiary/aromatic N) is 2. The summed E-state index contributed by atoms with van der Waals surface area (Å²) in [5.41, 5.74) is 5.67. The van der Waals surface area contributed by atoms with Crippen LogP contribution in [0.2, 0.25) is 0 Å². The molecular formula is C12H19N5O2. The molecule has 2 amide bonds. The number of carbonyl (C=O) groups is 2. The van der Waals surface area contributed by atoms with Crippen molar-refractivity contribution in [2.45, 2.75) is 32.4 Å². The Labute approximate surface area is 111 Å². The van der Waals surface area contributed by atoms with Gasteiger partial charge in [-0.1, -0.05) is 0 Å². The molecule has 4 N–H and O–H groups in total. The van der Waals surface area contributed by atoms with Crippen molar-refractivity contribution in [2.24, 2.45) is 11.7 Å². The molecule has 104 valence electrons. The zero-order valence-corrected chi connectivity index (χ0v) is 10.9. The average Bonchev–Trinajstić information content (AvgIpc) is 2.75. The number of hydrogen-bond acceptors (Lipinski definition) is 4. The molecule has 1 aliphatic rings. The fourth-order valence-electron chi connectivity index (χ4n) is 2.29. The minimum Gasteiger partial charge on any atom is -0.368 e. The van der Waals surface area contributed by atoms with Crippen molar-refractivity contribution < 1.29 is 9.59 Å². The van der Waals surface area contributed by atoms with Crippen LogP contribution in [-0.2, 0) is 16.1 Å². The Morgan fingerprint density at radius 3 is 3.11 bits per heavy atom. The molecular weight excluding hydrogens is 246 g/mol. The van der Waals surface area contributed by atoms with Gasteiger partial charge in [0.15, 0.2) is 0 Å². The van der Waals surface area contributed by atoms with Gasteiger partial charge in [-0.3, -0.25) is 14.3 Å². The van der Waals surface area contributed by atoms with Crippen molar-refractivity contribution in [2.75, 3.05) is 11.9 Å². The van der Waals surface area contributed by atoms with E-state index in [9.17, 15) is 9.59 Å². The van der Waals surface area contributed by atoms with Crippen molar-refractivity contribution in [1.82, 2.24) is 15.1 Å². The molecule has 0 aliphatic carbocycles. The highest BCUT2D eigenvalue weighted by molar-refractivity contribution is 5.92. The van der Waals surface area contributed by atoms with Crippen LogP contribution in [0, 0.1) is 5.92 Å². The van der Waals surface area contributed by atoms with Crippen molar-refractivity contribution in [3.8, 4) is 0 Å². The fraction of sp³-hybridized carbons (Fsp3) is 0.583. The van der Waals surface area contributed by atoms with Crippen LogP contribution in [0.3, 0.4) is 0 Å². The molecule has 7 nitrogen and oxygen atoms in total. The molecule has 0 radical (unpaired) electrons. The molecule has 2 atom stereocenters. The quantitative estimate of drug-likeness (QED) is 0.695. The molecule has 2 heterocycles. The van der Waals surface area contributed by atoms with Crippen LogP contribution in [0.5, 0.6) is 0 Å². The second-order valence-electron chi connectivity index (χ2n) is 4.96. The summed E-state index contributed by atoms with van der Waals surface area (Å²) >= 11 is 0. The Hall–Kier alpha value is -1.89. The zero-order chi connectivity index (χ0) is 13.8. The first-order valence-corrected chi connectivity index (χ1v) is 6.39. The first kappa shape index (κ1) is 13.5. The summed E-state index contributed by atoms with van der Waals surface area (Å²) in [6.07, 6.45) is 4.80. The number of nitrogens with two attached hydrogens (primary N) is 1. The van der Waals surface area contributed by atoms with Crippen molar-refractivity contribution >= 4 is 17.5 Å². The van der Waals surface area contributed by atoms with Gasteiger partial charge in [-0.2, -0.15) is 5.10 Å². The lowest BCUT2D eigenvalue weighted by Gasteiger charge is -2.26.